The highest BCUT2D eigenvalue weighted by molar-refractivity contribution is 9.10. The maximum atomic E-state index is 6.51. The van der Waals surface area contributed by atoms with Crippen LogP contribution in [0.15, 0.2) is 28.7 Å². The van der Waals surface area contributed by atoms with Crippen molar-refractivity contribution >= 4 is 15.9 Å². The molecule has 0 radical (unpaired) electrons. The first-order valence-corrected chi connectivity index (χ1v) is 8.04. The number of hydrogen-bond acceptors (Lipinski definition) is 2. The van der Waals surface area contributed by atoms with E-state index in [1.165, 1.54) is 11.1 Å². The molecule has 1 heterocycles. The number of benzene rings is 1. The second-order valence-electron chi connectivity index (χ2n) is 6.62. The molecule has 21 heavy (non-hydrogen) atoms. The third-order valence-corrected chi connectivity index (χ3v) is 4.87. The van der Waals surface area contributed by atoms with E-state index in [1.54, 1.807) is 0 Å². The van der Waals surface area contributed by atoms with Crippen LogP contribution in [0.1, 0.15) is 49.3 Å². The van der Waals surface area contributed by atoms with Crippen LogP contribution in [0.25, 0.3) is 0 Å². The van der Waals surface area contributed by atoms with Crippen molar-refractivity contribution in [3.05, 3.63) is 51.3 Å². The summed E-state index contributed by atoms with van der Waals surface area (Å²) in [6, 6.07) is 8.43. The van der Waals surface area contributed by atoms with E-state index in [4.69, 9.17) is 5.73 Å². The monoisotopic (exact) mass is 349 g/mol. The van der Waals surface area contributed by atoms with Gasteiger partial charge in [-0.2, -0.15) is 5.10 Å². The Balaban J connectivity index is 2.35. The minimum atomic E-state index is -0.0356. The Labute approximate surface area is 135 Å². The Kier molecular flexibility index (Phi) is 4.59. The molecule has 1 aromatic heterocycles. The molecule has 1 aromatic carbocycles. The predicted molar refractivity (Wildman–Crippen MR) is 91.4 cm³/mol. The lowest BCUT2D eigenvalue weighted by Gasteiger charge is -2.26. The average Bonchev–Trinajstić information content (AvgIpc) is 2.64. The maximum absolute atomic E-state index is 6.51. The number of aryl methyl sites for hydroxylation is 2. The molecular weight excluding hydrogens is 326 g/mol. The van der Waals surface area contributed by atoms with Crippen molar-refractivity contribution < 1.29 is 0 Å². The molecule has 2 rings (SSSR count). The van der Waals surface area contributed by atoms with E-state index in [1.807, 2.05) is 18.7 Å². The van der Waals surface area contributed by atoms with Crippen molar-refractivity contribution in [3.63, 3.8) is 0 Å². The smallest absolute Gasteiger partial charge is 0.0738 e. The number of nitrogens with zero attached hydrogens (tertiary/aromatic N) is 2. The van der Waals surface area contributed by atoms with Crippen LogP contribution in [0.5, 0.6) is 0 Å². The Morgan fingerprint density at radius 1 is 1.29 bits per heavy atom. The second-order valence-corrected chi connectivity index (χ2v) is 7.41. The number of nitrogens with two attached hydrogens (primary N) is 1. The van der Waals surface area contributed by atoms with E-state index in [2.05, 4.69) is 66.1 Å². The van der Waals surface area contributed by atoms with E-state index in [-0.39, 0.29) is 11.5 Å². The summed E-state index contributed by atoms with van der Waals surface area (Å²) in [6.45, 7) is 8.68. The second kappa shape index (κ2) is 5.93. The van der Waals surface area contributed by atoms with Crippen molar-refractivity contribution in [2.45, 2.75) is 45.6 Å². The fraction of sp³-hybridized carbons (Fsp3) is 0.471. The molecule has 0 bridgehead atoms. The number of halogens is 1. The summed E-state index contributed by atoms with van der Waals surface area (Å²) in [5.74, 6) is 0. The lowest BCUT2D eigenvalue weighted by molar-refractivity contribution is 0.562. The molecule has 0 aliphatic carbocycles. The van der Waals surface area contributed by atoms with Gasteiger partial charge in [-0.05, 0) is 39.4 Å². The van der Waals surface area contributed by atoms with Crippen molar-refractivity contribution in [3.8, 4) is 0 Å². The molecule has 0 spiro atoms. The zero-order chi connectivity index (χ0) is 15.8. The van der Waals surface area contributed by atoms with Crippen molar-refractivity contribution in [2.24, 2.45) is 12.8 Å². The van der Waals surface area contributed by atoms with Crippen molar-refractivity contribution in [1.82, 2.24) is 9.78 Å². The summed E-state index contributed by atoms with van der Waals surface area (Å²) in [7, 11) is 1.97. The summed E-state index contributed by atoms with van der Waals surface area (Å²) in [6.07, 6.45) is 0.769. The highest BCUT2D eigenvalue weighted by Crippen LogP contribution is 2.31. The average molecular weight is 350 g/mol. The van der Waals surface area contributed by atoms with Crippen LogP contribution in [0.4, 0.5) is 0 Å². The van der Waals surface area contributed by atoms with Crippen LogP contribution in [0, 0.1) is 6.92 Å². The first kappa shape index (κ1) is 16.2. The van der Waals surface area contributed by atoms with Crippen LogP contribution < -0.4 is 5.73 Å². The topological polar surface area (TPSA) is 43.8 Å². The van der Waals surface area contributed by atoms with Gasteiger partial charge in [0.2, 0.25) is 0 Å². The SMILES string of the molecule is Cc1nn(C)c(CC(N)c2ccccc2C(C)(C)C)c1Br. The quantitative estimate of drug-likeness (QED) is 0.908. The fourth-order valence-corrected chi connectivity index (χ4v) is 3.22. The van der Waals surface area contributed by atoms with E-state index < -0.39 is 0 Å². The van der Waals surface area contributed by atoms with Gasteiger partial charge < -0.3 is 5.73 Å². The van der Waals surface area contributed by atoms with Gasteiger partial charge in [-0.3, -0.25) is 4.68 Å². The van der Waals surface area contributed by atoms with E-state index in [0.717, 1.165) is 22.3 Å². The van der Waals surface area contributed by atoms with Crippen LogP contribution >= 0.6 is 15.9 Å². The van der Waals surface area contributed by atoms with Gasteiger partial charge in [0.15, 0.2) is 0 Å². The zero-order valence-corrected chi connectivity index (χ0v) is 15.0. The molecule has 0 fully saturated rings. The largest absolute Gasteiger partial charge is 0.324 e. The fourth-order valence-electron chi connectivity index (χ4n) is 2.72. The Morgan fingerprint density at radius 3 is 2.43 bits per heavy atom. The van der Waals surface area contributed by atoms with Crippen LogP contribution in [0.2, 0.25) is 0 Å². The van der Waals surface area contributed by atoms with Gasteiger partial charge in [0.1, 0.15) is 0 Å². The summed E-state index contributed by atoms with van der Waals surface area (Å²) in [4.78, 5) is 0. The van der Waals surface area contributed by atoms with Gasteiger partial charge in [0.05, 0.1) is 15.9 Å². The van der Waals surface area contributed by atoms with E-state index >= 15 is 0 Å². The highest BCUT2D eigenvalue weighted by atomic mass is 79.9. The molecule has 1 atom stereocenters. The zero-order valence-electron chi connectivity index (χ0n) is 13.4. The van der Waals surface area contributed by atoms with Crippen LogP contribution in [-0.2, 0) is 18.9 Å². The Hall–Kier alpha value is -1.13. The number of rotatable bonds is 3. The minimum Gasteiger partial charge on any atom is -0.324 e. The molecule has 0 aliphatic rings. The summed E-state index contributed by atoms with van der Waals surface area (Å²) >= 11 is 3.62. The first-order chi connectivity index (χ1) is 9.71. The summed E-state index contributed by atoms with van der Waals surface area (Å²) < 4.78 is 2.98. The van der Waals surface area contributed by atoms with Crippen LogP contribution in [-0.4, -0.2) is 9.78 Å². The standard InChI is InChI=1S/C17H24BrN3/c1-11-16(18)15(21(5)20-11)10-14(19)12-8-6-7-9-13(12)17(2,3)4/h6-9,14H,10,19H2,1-5H3. The molecule has 0 saturated carbocycles. The van der Waals surface area contributed by atoms with E-state index in [9.17, 15) is 0 Å². The molecule has 2 aromatic rings. The van der Waals surface area contributed by atoms with Gasteiger partial charge in [0, 0.05) is 19.5 Å². The van der Waals surface area contributed by atoms with Gasteiger partial charge in [-0.25, -0.2) is 0 Å². The molecule has 0 amide bonds. The number of hydrogen-bond donors (Lipinski definition) is 1. The van der Waals surface area contributed by atoms with Crippen molar-refractivity contribution in [1.29, 1.82) is 0 Å². The highest BCUT2D eigenvalue weighted by Gasteiger charge is 2.22. The van der Waals surface area contributed by atoms with Gasteiger partial charge >= 0.3 is 0 Å². The van der Waals surface area contributed by atoms with Gasteiger partial charge in [-0.1, -0.05) is 45.0 Å². The van der Waals surface area contributed by atoms with Gasteiger partial charge in [0.25, 0.3) is 0 Å². The number of aromatic nitrogens is 2. The summed E-state index contributed by atoms with van der Waals surface area (Å²) in [5, 5.41) is 4.44. The minimum absolute atomic E-state index is 0.0356. The third kappa shape index (κ3) is 3.38. The predicted octanol–water partition coefficient (Wildman–Crippen LogP) is 4.03. The van der Waals surface area contributed by atoms with Crippen molar-refractivity contribution in [2.75, 3.05) is 0 Å². The molecule has 2 N–H and O–H groups in total. The first-order valence-electron chi connectivity index (χ1n) is 7.24. The molecule has 114 valence electrons. The third-order valence-electron chi connectivity index (χ3n) is 3.84. The maximum Gasteiger partial charge on any atom is 0.0738 e. The Morgan fingerprint density at radius 2 is 1.90 bits per heavy atom. The molecule has 0 saturated heterocycles. The lowest BCUT2D eigenvalue weighted by atomic mass is 9.81. The normalized spacial score (nSPS) is 13.5. The lowest BCUT2D eigenvalue weighted by Crippen LogP contribution is -2.22. The summed E-state index contributed by atoms with van der Waals surface area (Å²) in [5.41, 5.74) is 11.3. The molecule has 4 heteroatoms. The molecule has 0 aliphatic heterocycles. The van der Waals surface area contributed by atoms with Crippen LogP contribution in [0.3, 0.4) is 0 Å². The molecule has 1 unspecified atom stereocenters. The van der Waals surface area contributed by atoms with Gasteiger partial charge in [-0.15, -0.1) is 0 Å². The molecular formula is C17H24BrN3. The molecule has 3 nitrogen and oxygen atoms in total. The van der Waals surface area contributed by atoms with E-state index in [0.29, 0.717) is 0 Å². The Bertz CT molecular complexity index is 638.